The van der Waals surface area contributed by atoms with E-state index in [2.05, 4.69) is 10.6 Å². The first-order valence-electron chi connectivity index (χ1n) is 9.46. The highest BCUT2D eigenvalue weighted by Crippen LogP contribution is 2.32. The summed E-state index contributed by atoms with van der Waals surface area (Å²) in [5.41, 5.74) is 1.70. The summed E-state index contributed by atoms with van der Waals surface area (Å²) in [6.45, 7) is 1.73. The molecule has 2 aromatic rings. The van der Waals surface area contributed by atoms with Crippen molar-refractivity contribution in [2.75, 3.05) is 25.2 Å². The second kappa shape index (κ2) is 8.21. The number of hydrogen-bond donors (Lipinski definition) is 2. The third-order valence-electron chi connectivity index (χ3n) is 5.01. The maximum absolute atomic E-state index is 12.6. The molecule has 2 aliphatic rings. The Morgan fingerprint density at radius 2 is 1.89 bits per heavy atom. The van der Waals surface area contributed by atoms with Crippen LogP contribution in [-0.2, 0) is 11.3 Å². The number of benzene rings is 2. The van der Waals surface area contributed by atoms with E-state index in [9.17, 15) is 9.59 Å². The zero-order chi connectivity index (χ0) is 19.3. The van der Waals surface area contributed by atoms with Crippen LogP contribution in [0.15, 0.2) is 48.5 Å². The standard InChI is InChI=1S/C21H23N3O4/c25-20(22-12-15-8-9-18-19(11-15)28-14-27-18)16-5-4-10-24(13-16)21(26)23-17-6-2-1-3-7-17/h1-3,6-9,11,16H,4-5,10,12-14H2,(H,22,25)(H,23,26). The minimum absolute atomic E-state index is 0.0325. The van der Waals surface area contributed by atoms with E-state index in [1.165, 1.54) is 0 Å². The molecule has 0 radical (unpaired) electrons. The molecular formula is C21H23N3O4. The van der Waals surface area contributed by atoms with Crippen molar-refractivity contribution in [1.82, 2.24) is 10.2 Å². The van der Waals surface area contributed by atoms with Crippen LogP contribution in [-0.4, -0.2) is 36.7 Å². The van der Waals surface area contributed by atoms with E-state index in [1.807, 2.05) is 48.5 Å². The molecule has 2 heterocycles. The molecule has 0 bridgehead atoms. The van der Waals surface area contributed by atoms with Crippen molar-refractivity contribution < 1.29 is 19.1 Å². The lowest BCUT2D eigenvalue weighted by Crippen LogP contribution is -2.46. The van der Waals surface area contributed by atoms with Gasteiger partial charge in [0.1, 0.15) is 0 Å². The summed E-state index contributed by atoms with van der Waals surface area (Å²) in [6.07, 6.45) is 1.59. The van der Waals surface area contributed by atoms with Crippen molar-refractivity contribution in [2.45, 2.75) is 19.4 Å². The zero-order valence-electron chi connectivity index (χ0n) is 15.5. The Labute approximate surface area is 163 Å². The number of amides is 3. The number of nitrogens with one attached hydrogen (secondary N) is 2. The molecule has 0 aromatic heterocycles. The molecule has 2 N–H and O–H groups in total. The quantitative estimate of drug-likeness (QED) is 0.853. The van der Waals surface area contributed by atoms with Crippen LogP contribution in [0.4, 0.5) is 10.5 Å². The molecule has 28 heavy (non-hydrogen) atoms. The van der Waals surface area contributed by atoms with Crippen LogP contribution in [0, 0.1) is 5.92 Å². The second-order valence-electron chi connectivity index (χ2n) is 6.99. The topological polar surface area (TPSA) is 79.9 Å². The highest BCUT2D eigenvalue weighted by molar-refractivity contribution is 5.90. The number of fused-ring (bicyclic) bond motifs is 1. The number of anilines is 1. The molecule has 2 aliphatic heterocycles. The van der Waals surface area contributed by atoms with Crippen molar-refractivity contribution in [3.05, 3.63) is 54.1 Å². The Kier molecular flexibility index (Phi) is 5.32. The third kappa shape index (κ3) is 4.19. The molecule has 1 saturated heterocycles. The maximum atomic E-state index is 12.6. The van der Waals surface area contributed by atoms with Gasteiger partial charge in [0, 0.05) is 25.3 Å². The van der Waals surface area contributed by atoms with Crippen molar-refractivity contribution in [3.8, 4) is 11.5 Å². The average molecular weight is 381 g/mol. The fourth-order valence-corrected chi connectivity index (χ4v) is 3.48. The van der Waals surface area contributed by atoms with Gasteiger partial charge in [-0.25, -0.2) is 4.79 Å². The number of urea groups is 1. The largest absolute Gasteiger partial charge is 0.454 e. The number of piperidine rings is 1. The van der Waals surface area contributed by atoms with E-state index in [1.54, 1.807) is 4.90 Å². The van der Waals surface area contributed by atoms with Gasteiger partial charge in [-0.2, -0.15) is 0 Å². The number of hydrogen-bond acceptors (Lipinski definition) is 4. The number of rotatable bonds is 4. The Bertz CT molecular complexity index is 856. The minimum atomic E-state index is -0.204. The van der Waals surface area contributed by atoms with Gasteiger partial charge in [0.25, 0.3) is 0 Å². The van der Waals surface area contributed by atoms with Gasteiger partial charge in [0.15, 0.2) is 11.5 Å². The number of carbonyl (C=O) groups is 2. The molecule has 0 aliphatic carbocycles. The minimum Gasteiger partial charge on any atom is -0.454 e. The van der Waals surface area contributed by atoms with E-state index >= 15 is 0 Å². The van der Waals surface area contributed by atoms with Crippen molar-refractivity contribution in [3.63, 3.8) is 0 Å². The van der Waals surface area contributed by atoms with Gasteiger partial charge >= 0.3 is 6.03 Å². The molecule has 3 amide bonds. The number of ether oxygens (including phenoxy) is 2. The molecule has 1 atom stereocenters. The smallest absolute Gasteiger partial charge is 0.321 e. The molecule has 7 nitrogen and oxygen atoms in total. The van der Waals surface area contributed by atoms with Crippen LogP contribution in [0.2, 0.25) is 0 Å². The van der Waals surface area contributed by atoms with Crippen LogP contribution in [0.3, 0.4) is 0 Å². The summed E-state index contributed by atoms with van der Waals surface area (Å²) in [5, 5.41) is 5.86. The normalized spacial score (nSPS) is 17.9. The Morgan fingerprint density at radius 3 is 2.75 bits per heavy atom. The van der Waals surface area contributed by atoms with Crippen LogP contribution in [0.25, 0.3) is 0 Å². The van der Waals surface area contributed by atoms with Crippen molar-refractivity contribution >= 4 is 17.6 Å². The van der Waals surface area contributed by atoms with Gasteiger partial charge in [-0.05, 0) is 42.7 Å². The fraction of sp³-hybridized carbons (Fsp3) is 0.333. The maximum Gasteiger partial charge on any atom is 0.321 e. The molecule has 4 rings (SSSR count). The Morgan fingerprint density at radius 1 is 1.07 bits per heavy atom. The van der Waals surface area contributed by atoms with Crippen LogP contribution < -0.4 is 20.1 Å². The predicted molar refractivity (Wildman–Crippen MR) is 104 cm³/mol. The van der Waals surface area contributed by atoms with Crippen LogP contribution >= 0.6 is 0 Å². The molecule has 1 fully saturated rings. The summed E-state index contributed by atoms with van der Waals surface area (Å²) in [5.74, 6) is 1.19. The van der Waals surface area contributed by atoms with Gasteiger partial charge in [0.2, 0.25) is 12.7 Å². The first kappa shape index (κ1) is 18.2. The SMILES string of the molecule is O=C(NCc1ccc2c(c1)OCO2)C1CCCN(C(=O)Nc2ccccc2)C1. The Balaban J connectivity index is 1.30. The molecule has 2 aromatic carbocycles. The average Bonchev–Trinajstić information content (AvgIpc) is 3.20. The first-order valence-corrected chi connectivity index (χ1v) is 9.46. The summed E-state index contributed by atoms with van der Waals surface area (Å²) < 4.78 is 10.7. The summed E-state index contributed by atoms with van der Waals surface area (Å²) in [4.78, 5) is 26.8. The monoisotopic (exact) mass is 381 g/mol. The van der Waals surface area contributed by atoms with Gasteiger partial charge in [-0.15, -0.1) is 0 Å². The first-order chi connectivity index (χ1) is 13.7. The van der Waals surface area contributed by atoms with E-state index < -0.39 is 0 Å². The van der Waals surface area contributed by atoms with Crippen molar-refractivity contribution in [1.29, 1.82) is 0 Å². The van der Waals surface area contributed by atoms with E-state index in [4.69, 9.17) is 9.47 Å². The predicted octanol–water partition coefficient (Wildman–Crippen LogP) is 2.98. The number of likely N-dealkylation sites (tertiary alicyclic amines) is 1. The molecule has 1 unspecified atom stereocenters. The molecule has 0 spiro atoms. The van der Waals surface area contributed by atoms with E-state index in [0.29, 0.717) is 25.4 Å². The Hall–Kier alpha value is -3.22. The van der Waals surface area contributed by atoms with Crippen LogP contribution in [0.5, 0.6) is 11.5 Å². The highest BCUT2D eigenvalue weighted by atomic mass is 16.7. The second-order valence-corrected chi connectivity index (χ2v) is 6.99. The van der Waals surface area contributed by atoms with Gasteiger partial charge in [-0.3, -0.25) is 4.79 Å². The lowest BCUT2D eigenvalue weighted by Gasteiger charge is -2.32. The summed E-state index contributed by atoms with van der Waals surface area (Å²) >= 11 is 0. The lowest BCUT2D eigenvalue weighted by atomic mass is 9.97. The van der Waals surface area contributed by atoms with Gasteiger partial charge in [0.05, 0.1) is 5.92 Å². The molecule has 7 heteroatoms. The van der Waals surface area contributed by atoms with Crippen molar-refractivity contribution in [2.24, 2.45) is 5.92 Å². The highest BCUT2D eigenvalue weighted by Gasteiger charge is 2.28. The molecule has 146 valence electrons. The lowest BCUT2D eigenvalue weighted by molar-refractivity contribution is -0.126. The summed E-state index contributed by atoms with van der Waals surface area (Å²) in [6, 6.07) is 14.8. The van der Waals surface area contributed by atoms with Crippen LogP contribution in [0.1, 0.15) is 18.4 Å². The number of para-hydroxylation sites is 1. The van der Waals surface area contributed by atoms with E-state index in [-0.39, 0.29) is 24.6 Å². The fourth-order valence-electron chi connectivity index (χ4n) is 3.48. The van der Waals surface area contributed by atoms with E-state index in [0.717, 1.165) is 29.8 Å². The molecule has 0 saturated carbocycles. The van der Waals surface area contributed by atoms with Gasteiger partial charge < -0.3 is 25.0 Å². The molecular weight excluding hydrogens is 358 g/mol. The van der Waals surface area contributed by atoms with Gasteiger partial charge in [-0.1, -0.05) is 24.3 Å². The zero-order valence-corrected chi connectivity index (χ0v) is 15.5. The summed E-state index contributed by atoms with van der Waals surface area (Å²) in [7, 11) is 0. The number of nitrogens with zero attached hydrogens (tertiary/aromatic N) is 1. The number of carbonyl (C=O) groups excluding carboxylic acids is 2. The third-order valence-corrected chi connectivity index (χ3v) is 5.01.